The summed E-state index contributed by atoms with van der Waals surface area (Å²) >= 11 is 0. The summed E-state index contributed by atoms with van der Waals surface area (Å²) in [6.07, 6.45) is 3.93. The van der Waals surface area contributed by atoms with Gasteiger partial charge in [-0.3, -0.25) is 19.8 Å². The van der Waals surface area contributed by atoms with Crippen molar-refractivity contribution in [3.8, 4) is 5.75 Å². The van der Waals surface area contributed by atoms with E-state index in [2.05, 4.69) is 17.3 Å². The summed E-state index contributed by atoms with van der Waals surface area (Å²) in [7, 11) is 2.21. The summed E-state index contributed by atoms with van der Waals surface area (Å²) in [5, 5.41) is 14.8. The first-order valence-electron chi connectivity index (χ1n) is 10.6. The highest BCUT2D eigenvalue weighted by atomic mass is 16.6. The molecule has 1 aromatic carbocycles. The number of nitrogens with zero attached hydrogens (tertiary/aromatic N) is 3. The minimum absolute atomic E-state index is 0.0245. The van der Waals surface area contributed by atoms with Crippen molar-refractivity contribution in [2.75, 3.05) is 20.1 Å². The summed E-state index contributed by atoms with van der Waals surface area (Å²) in [4.78, 5) is 28.5. The van der Waals surface area contributed by atoms with Crippen LogP contribution in [0.5, 0.6) is 5.75 Å². The standard InChI is InChI=1S/C21H30N4O4/c1-13(2)29-20-9-18-14(8-19(20)25(27)28)12-24(21(18)26)16-6-4-15(5-7-16)23(3)17-10-22-11-17/h8-9,13,15-17,22H,4-7,10-12H2,1-3H3. The zero-order chi connectivity index (χ0) is 20.7. The van der Waals surface area contributed by atoms with Gasteiger partial charge in [0.1, 0.15) is 0 Å². The number of fused-ring (bicyclic) bond motifs is 1. The van der Waals surface area contributed by atoms with Crippen molar-refractivity contribution >= 4 is 11.6 Å². The Bertz CT molecular complexity index is 800. The van der Waals surface area contributed by atoms with Gasteiger partial charge in [-0.15, -0.1) is 0 Å². The van der Waals surface area contributed by atoms with E-state index in [0.717, 1.165) is 44.3 Å². The molecule has 1 aliphatic carbocycles. The number of amides is 1. The van der Waals surface area contributed by atoms with Crippen LogP contribution in [0.15, 0.2) is 12.1 Å². The van der Waals surface area contributed by atoms with Crippen molar-refractivity contribution in [3.05, 3.63) is 33.4 Å². The van der Waals surface area contributed by atoms with Crippen LogP contribution in [0.3, 0.4) is 0 Å². The van der Waals surface area contributed by atoms with Gasteiger partial charge in [-0.2, -0.15) is 0 Å². The van der Waals surface area contributed by atoms with Crippen LogP contribution in [-0.2, 0) is 6.54 Å². The largest absolute Gasteiger partial charge is 0.484 e. The quantitative estimate of drug-likeness (QED) is 0.581. The van der Waals surface area contributed by atoms with Crippen molar-refractivity contribution in [1.82, 2.24) is 15.1 Å². The second-order valence-electron chi connectivity index (χ2n) is 8.77. The predicted octanol–water partition coefficient (Wildman–Crippen LogP) is 2.55. The molecule has 2 heterocycles. The van der Waals surface area contributed by atoms with Gasteiger partial charge in [-0.05, 0) is 52.1 Å². The second-order valence-corrected chi connectivity index (χ2v) is 8.77. The maximum atomic E-state index is 13.1. The Balaban J connectivity index is 1.46. The highest BCUT2D eigenvalue weighted by Crippen LogP contribution is 2.38. The topological polar surface area (TPSA) is 88.0 Å². The van der Waals surface area contributed by atoms with E-state index in [0.29, 0.717) is 24.2 Å². The van der Waals surface area contributed by atoms with Gasteiger partial charge in [0.25, 0.3) is 5.91 Å². The SMILES string of the molecule is CC(C)Oc1cc2c(cc1[N+](=O)[O-])CN(C1CCC(N(C)C3CNC3)CC1)C2=O. The van der Waals surface area contributed by atoms with Crippen LogP contribution in [0.2, 0.25) is 0 Å². The Morgan fingerprint density at radius 2 is 1.90 bits per heavy atom. The fourth-order valence-corrected chi connectivity index (χ4v) is 4.77. The maximum Gasteiger partial charge on any atom is 0.311 e. The molecular formula is C21H30N4O4. The van der Waals surface area contributed by atoms with Crippen molar-refractivity contribution in [3.63, 3.8) is 0 Å². The summed E-state index contributed by atoms with van der Waals surface area (Å²) in [6, 6.07) is 4.50. The molecule has 0 atom stereocenters. The van der Waals surface area contributed by atoms with E-state index >= 15 is 0 Å². The molecular weight excluding hydrogens is 372 g/mol. The highest BCUT2D eigenvalue weighted by Gasteiger charge is 2.38. The number of ether oxygens (including phenoxy) is 1. The fraction of sp³-hybridized carbons (Fsp3) is 0.667. The smallest absolute Gasteiger partial charge is 0.311 e. The van der Waals surface area contributed by atoms with Gasteiger partial charge in [0.05, 0.1) is 11.0 Å². The zero-order valence-electron chi connectivity index (χ0n) is 17.4. The van der Waals surface area contributed by atoms with E-state index in [4.69, 9.17) is 4.74 Å². The van der Waals surface area contributed by atoms with Crippen LogP contribution >= 0.6 is 0 Å². The molecule has 3 aliphatic rings. The molecule has 1 N–H and O–H groups in total. The number of likely N-dealkylation sites (N-methyl/N-ethyl adjacent to an activating group) is 1. The van der Waals surface area contributed by atoms with E-state index in [1.165, 1.54) is 6.07 Å². The number of rotatable bonds is 6. The van der Waals surface area contributed by atoms with Crippen LogP contribution in [0.25, 0.3) is 0 Å². The summed E-state index contributed by atoms with van der Waals surface area (Å²) < 4.78 is 5.62. The lowest BCUT2D eigenvalue weighted by atomic mass is 9.88. The van der Waals surface area contributed by atoms with E-state index < -0.39 is 4.92 Å². The van der Waals surface area contributed by atoms with Gasteiger partial charge < -0.3 is 15.0 Å². The monoisotopic (exact) mass is 402 g/mol. The molecule has 2 fully saturated rings. The van der Waals surface area contributed by atoms with Crippen molar-refractivity contribution < 1.29 is 14.5 Å². The zero-order valence-corrected chi connectivity index (χ0v) is 17.4. The van der Waals surface area contributed by atoms with Crippen LogP contribution in [0.1, 0.15) is 55.5 Å². The Labute approximate surface area is 171 Å². The number of nitro benzene ring substituents is 1. The van der Waals surface area contributed by atoms with Gasteiger partial charge >= 0.3 is 5.69 Å². The number of carbonyl (C=O) groups excluding carboxylic acids is 1. The summed E-state index contributed by atoms with van der Waals surface area (Å²) in [5.74, 6) is 0.155. The lowest BCUT2D eigenvalue weighted by Crippen LogP contribution is -2.59. The molecule has 29 heavy (non-hydrogen) atoms. The molecule has 1 aromatic rings. The van der Waals surface area contributed by atoms with Crippen LogP contribution < -0.4 is 10.1 Å². The Morgan fingerprint density at radius 1 is 1.21 bits per heavy atom. The van der Waals surface area contributed by atoms with Crippen molar-refractivity contribution in [2.45, 2.75) is 70.3 Å². The van der Waals surface area contributed by atoms with Crippen LogP contribution in [0, 0.1) is 10.1 Å². The summed E-state index contributed by atoms with van der Waals surface area (Å²) in [5.41, 5.74) is 1.22. The van der Waals surface area contributed by atoms with Gasteiger partial charge in [0.2, 0.25) is 0 Å². The number of nitro groups is 1. The number of hydrogen-bond acceptors (Lipinski definition) is 6. The first-order chi connectivity index (χ1) is 13.8. The van der Waals surface area contributed by atoms with Crippen molar-refractivity contribution in [1.29, 1.82) is 0 Å². The van der Waals surface area contributed by atoms with Crippen LogP contribution in [0.4, 0.5) is 5.69 Å². The highest BCUT2D eigenvalue weighted by molar-refractivity contribution is 5.99. The lowest BCUT2D eigenvalue weighted by molar-refractivity contribution is -0.386. The first kappa shape index (κ1) is 20.1. The molecule has 158 valence electrons. The van der Waals surface area contributed by atoms with Gasteiger partial charge in [-0.25, -0.2) is 0 Å². The third-order valence-electron chi connectivity index (χ3n) is 6.59. The van der Waals surface area contributed by atoms with E-state index in [1.54, 1.807) is 6.07 Å². The summed E-state index contributed by atoms with van der Waals surface area (Å²) in [6.45, 7) is 6.22. The van der Waals surface area contributed by atoms with Gasteiger partial charge in [0.15, 0.2) is 5.75 Å². The van der Waals surface area contributed by atoms with Crippen LogP contribution in [-0.4, -0.2) is 65.0 Å². The number of benzene rings is 1. The minimum Gasteiger partial charge on any atom is -0.484 e. The van der Waals surface area contributed by atoms with E-state index in [9.17, 15) is 14.9 Å². The van der Waals surface area contributed by atoms with E-state index in [1.807, 2.05) is 18.7 Å². The molecule has 0 spiro atoms. The number of carbonyl (C=O) groups is 1. The molecule has 1 saturated heterocycles. The average Bonchev–Trinajstić information content (AvgIpc) is 2.95. The third kappa shape index (κ3) is 3.83. The Kier molecular flexibility index (Phi) is 5.48. The predicted molar refractivity (Wildman–Crippen MR) is 109 cm³/mol. The maximum absolute atomic E-state index is 13.1. The molecule has 0 unspecified atom stereocenters. The van der Waals surface area contributed by atoms with E-state index in [-0.39, 0.29) is 29.5 Å². The second kappa shape index (κ2) is 7.91. The molecule has 0 aromatic heterocycles. The molecule has 4 rings (SSSR count). The minimum atomic E-state index is -0.429. The molecule has 0 radical (unpaired) electrons. The van der Waals surface area contributed by atoms with Gasteiger partial charge in [-0.1, -0.05) is 0 Å². The van der Waals surface area contributed by atoms with Gasteiger partial charge in [0, 0.05) is 55.5 Å². The molecule has 0 bridgehead atoms. The third-order valence-corrected chi connectivity index (χ3v) is 6.59. The lowest BCUT2D eigenvalue weighted by Gasteiger charge is -2.44. The normalized spacial score (nSPS) is 24.7. The molecule has 8 nitrogen and oxygen atoms in total. The molecule has 1 amide bonds. The molecule has 8 heteroatoms. The molecule has 2 aliphatic heterocycles. The number of nitrogens with one attached hydrogen (secondary N) is 1. The first-order valence-corrected chi connectivity index (χ1v) is 10.6. The number of hydrogen-bond donors (Lipinski definition) is 1. The average molecular weight is 402 g/mol. The Hall–Kier alpha value is -2.19. The van der Waals surface area contributed by atoms with Crippen molar-refractivity contribution in [2.24, 2.45) is 0 Å². The molecule has 1 saturated carbocycles. The Morgan fingerprint density at radius 3 is 2.45 bits per heavy atom. The fourth-order valence-electron chi connectivity index (χ4n) is 4.77.